The molecule has 100 valence electrons. The highest BCUT2D eigenvalue weighted by Crippen LogP contribution is 2.36. The van der Waals surface area contributed by atoms with Crippen LogP contribution in [0.2, 0.25) is 0 Å². The standard InChI is InChI=1S/C15H28O2/c1-2-7-13-10-11-14(12-13)8-5-3-4-6-9-15(16)17/h13-14H,2-12H2,1H3,(H,16,17). The van der Waals surface area contributed by atoms with Gasteiger partial charge in [-0.3, -0.25) is 4.79 Å². The molecule has 2 atom stereocenters. The van der Waals surface area contributed by atoms with Crippen molar-refractivity contribution >= 4 is 5.97 Å². The molecule has 1 fully saturated rings. The normalized spacial score (nSPS) is 24.1. The van der Waals surface area contributed by atoms with Gasteiger partial charge in [0.15, 0.2) is 0 Å². The number of hydrogen-bond donors (Lipinski definition) is 1. The van der Waals surface area contributed by atoms with Gasteiger partial charge in [0, 0.05) is 6.42 Å². The fourth-order valence-corrected chi connectivity index (χ4v) is 3.17. The van der Waals surface area contributed by atoms with Crippen LogP contribution in [-0.2, 0) is 4.79 Å². The van der Waals surface area contributed by atoms with Gasteiger partial charge in [-0.25, -0.2) is 0 Å². The highest BCUT2D eigenvalue weighted by molar-refractivity contribution is 5.66. The molecule has 0 aliphatic heterocycles. The summed E-state index contributed by atoms with van der Waals surface area (Å²) in [5, 5.41) is 8.52. The van der Waals surface area contributed by atoms with Gasteiger partial charge in [0.25, 0.3) is 0 Å². The molecule has 17 heavy (non-hydrogen) atoms. The van der Waals surface area contributed by atoms with Crippen molar-refractivity contribution in [3.05, 3.63) is 0 Å². The van der Waals surface area contributed by atoms with Crippen LogP contribution in [0.1, 0.15) is 77.6 Å². The Morgan fingerprint density at radius 3 is 2.35 bits per heavy atom. The molecule has 0 aromatic heterocycles. The minimum Gasteiger partial charge on any atom is -0.481 e. The lowest BCUT2D eigenvalue weighted by Gasteiger charge is -2.10. The molecule has 1 N–H and O–H groups in total. The van der Waals surface area contributed by atoms with Gasteiger partial charge in [-0.1, -0.05) is 58.3 Å². The Balaban J connectivity index is 1.92. The van der Waals surface area contributed by atoms with Crippen molar-refractivity contribution in [2.75, 3.05) is 0 Å². The number of rotatable bonds is 9. The number of hydrogen-bond acceptors (Lipinski definition) is 1. The molecular formula is C15H28O2. The van der Waals surface area contributed by atoms with E-state index in [0.717, 1.165) is 24.7 Å². The number of carbonyl (C=O) groups is 1. The summed E-state index contributed by atoms with van der Waals surface area (Å²) >= 11 is 0. The summed E-state index contributed by atoms with van der Waals surface area (Å²) in [5.41, 5.74) is 0. The van der Waals surface area contributed by atoms with E-state index < -0.39 is 5.97 Å². The molecule has 2 nitrogen and oxygen atoms in total. The molecule has 0 radical (unpaired) electrons. The minimum absolute atomic E-state index is 0.349. The molecule has 0 aromatic rings. The van der Waals surface area contributed by atoms with Crippen molar-refractivity contribution in [2.24, 2.45) is 11.8 Å². The van der Waals surface area contributed by atoms with Gasteiger partial charge in [-0.05, 0) is 24.7 Å². The third kappa shape index (κ3) is 6.70. The average molecular weight is 240 g/mol. The second-order valence-corrected chi connectivity index (χ2v) is 5.68. The third-order valence-electron chi connectivity index (χ3n) is 4.10. The molecule has 0 saturated heterocycles. The Kier molecular flexibility index (Phi) is 7.30. The Labute approximate surface area is 106 Å². The van der Waals surface area contributed by atoms with E-state index in [0.29, 0.717) is 6.42 Å². The van der Waals surface area contributed by atoms with Crippen molar-refractivity contribution < 1.29 is 9.90 Å². The first-order chi connectivity index (χ1) is 8.22. The minimum atomic E-state index is -0.650. The van der Waals surface area contributed by atoms with Crippen molar-refractivity contribution in [2.45, 2.75) is 77.6 Å². The maximum Gasteiger partial charge on any atom is 0.303 e. The topological polar surface area (TPSA) is 37.3 Å². The first kappa shape index (κ1) is 14.5. The molecule has 2 heteroatoms. The Bertz CT molecular complexity index is 213. The Morgan fingerprint density at radius 1 is 1.06 bits per heavy atom. The first-order valence-electron chi connectivity index (χ1n) is 7.44. The number of unbranched alkanes of at least 4 members (excludes halogenated alkanes) is 3. The largest absolute Gasteiger partial charge is 0.481 e. The zero-order valence-electron chi connectivity index (χ0n) is 11.3. The number of aliphatic carboxylic acids is 1. The predicted octanol–water partition coefficient (Wildman–Crippen LogP) is 4.63. The highest BCUT2D eigenvalue weighted by Gasteiger charge is 2.23. The van der Waals surface area contributed by atoms with E-state index in [2.05, 4.69) is 6.92 Å². The van der Waals surface area contributed by atoms with Crippen molar-refractivity contribution in [3.8, 4) is 0 Å². The second kappa shape index (κ2) is 8.54. The summed E-state index contributed by atoms with van der Waals surface area (Å²) in [5.74, 6) is 1.34. The fraction of sp³-hybridized carbons (Fsp3) is 0.933. The van der Waals surface area contributed by atoms with E-state index in [1.165, 1.54) is 51.4 Å². The molecule has 1 saturated carbocycles. The van der Waals surface area contributed by atoms with Gasteiger partial charge in [0.05, 0.1) is 0 Å². The van der Waals surface area contributed by atoms with E-state index in [-0.39, 0.29) is 0 Å². The molecule has 0 bridgehead atoms. The van der Waals surface area contributed by atoms with Crippen LogP contribution in [0, 0.1) is 11.8 Å². The fourth-order valence-electron chi connectivity index (χ4n) is 3.17. The van der Waals surface area contributed by atoms with E-state index >= 15 is 0 Å². The van der Waals surface area contributed by atoms with Gasteiger partial charge in [0.2, 0.25) is 0 Å². The second-order valence-electron chi connectivity index (χ2n) is 5.68. The molecule has 1 aliphatic carbocycles. The van der Waals surface area contributed by atoms with E-state index in [1.807, 2.05) is 0 Å². The third-order valence-corrected chi connectivity index (χ3v) is 4.10. The number of carboxylic acids is 1. The monoisotopic (exact) mass is 240 g/mol. The first-order valence-corrected chi connectivity index (χ1v) is 7.44. The van der Waals surface area contributed by atoms with Crippen LogP contribution < -0.4 is 0 Å². The smallest absolute Gasteiger partial charge is 0.303 e. The molecule has 0 heterocycles. The summed E-state index contributed by atoms with van der Waals surface area (Å²) in [6.07, 6.45) is 13.3. The van der Waals surface area contributed by atoms with Gasteiger partial charge in [-0.2, -0.15) is 0 Å². The lowest BCUT2D eigenvalue weighted by molar-refractivity contribution is -0.137. The van der Waals surface area contributed by atoms with Gasteiger partial charge >= 0.3 is 5.97 Å². The summed E-state index contributed by atoms with van der Waals surface area (Å²) in [4.78, 5) is 10.3. The van der Waals surface area contributed by atoms with Crippen LogP contribution in [0.15, 0.2) is 0 Å². The quantitative estimate of drug-likeness (QED) is 0.597. The van der Waals surface area contributed by atoms with Crippen LogP contribution in [0.4, 0.5) is 0 Å². The molecule has 0 spiro atoms. The Morgan fingerprint density at radius 2 is 1.71 bits per heavy atom. The van der Waals surface area contributed by atoms with Crippen LogP contribution in [0.3, 0.4) is 0 Å². The summed E-state index contributed by atoms with van der Waals surface area (Å²) in [6.45, 7) is 2.29. The van der Waals surface area contributed by atoms with Crippen LogP contribution in [0.5, 0.6) is 0 Å². The van der Waals surface area contributed by atoms with Gasteiger partial charge in [-0.15, -0.1) is 0 Å². The van der Waals surface area contributed by atoms with Crippen LogP contribution in [0.25, 0.3) is 0 Å². The van der Waals surface area contributed by atoms with E-state index in [4.69, 9.17) is 5.11 Å². The van der Waals surface area contributed by atoms with Crippen LogP contribution in [-0.4, -0.2) is 11.1 Å². The predicted molar refractivity (Wildman–Crippen MR) is 71.1 cm³/mol. The molecule has 1 aliphatic rings. The van der Waals surface area contributed by atoms with Gasteiger partial charge < -0.3 is 5.11 Å². The molecule has 1 rings (SSSR count). The maximum absolute atomic E-state index is 10.3. The van der Waals surface area contributed by atoms with Gasteiger partial charge in [0.1, 0.15) is 0 Å². The molecule has 0 amide bonds. The van der Waals surface area contributed by atoms with E-state index in [1.54, 1.807) is 0 Å². The molecule has 0 aromatic carbocycles. The summed E-state index contributed by atoms with van der Waals surface area (Å²) in [6, 6.07) is 0. The van der Waals surface area contributed by atoms with Crippen molar-refractivity contribution in [1.82, 2.24) is 0 Å². The van der Waals surface area contributed by atoms with Crippen molar-refractivity contribution in [1.29, 1.82) is 0 Å². The Hall–Kier alpha value is -0.530. The van der Waals surface area contributed by atoms with Crippen LogP contribution >= 0.6 is 0 Å². The average Bonchev–Trinajstić information content (AvgIpc) is 2.71. The zero-order chi connectivity index (χ0) is 12.5. The summed E-state index contributed by atoms with van der Waals surface area (Å²) < 4.78 is 0. The number of carboxylic acid groups (broad SMARTS) is 1. The highest BCUT2D eigenvalue weighted by atomic mass is 16.4. The zero-order valence-corrected chi connectivity index (χ0v) is 11.3. The lowest BCUT2D eigenvalue weighted by Crippen LogP contribution is -1.97. The van der Waals surface area contributed by atoms with E-state index in [9.17, 15) is 4.79 Å². The molecular weight excluding hydrogens is 212 g/mol. The maximum atomic E-state index is 10.3. The SMILES string of the molecule is CCCC1CCC(CCCCCCC(=O)O)C1. The lowest BCUT2D eigenvalue weighted by atomic mass is 9.96. The summed E-state index contributed by atoms with van der Waals surface area (Å²) in [7, 11) is 0. The van der Waals surface area contributed by atoms with Crippen molar-refractivity contribution in [3.63, 3.8) is 0 Å². The molecule has 2 unspecified atom stereocenters.